The Kier molecular flexibility index (Phi) is 11.7. The zero-order chi connectivity index (χ0) is 13.6. The van der Waals surface area contributed by atoms with Crippen LogP contribution in [0.2, 0.25) is 0 Å². The van der Waals surface area contributed by atoms with Crippen molar-refractivity contribution in [3.8, 4) is 5.75 Å². The van der Waals surface area contributed by atoms with Crippen molar-refractivity contribution in [2.45, 2.75) is 47.0 Å². The van der Waals surface area contributed by atoms with Gasteiger partial charge in [0.25, 0.3) is 0 Å². The van der Waals surface area contributed by atoms with Crippen molar-refractivity contribution in [2.75, 3.05) is 19.8 Å². The van der Waals surface area contributed by atoms with Crippen LogP contribution in [0.4, 0.5) is 0 Å². The Morgan fingerprint density at radius 2 is 1.72 bits per heavy atom. The fraction of sp³-hybridized carbons (Fsp3) is 0.625. The monoisotopic (exact) mass is 252 g/mol. The lowest BCUT2D eigenvalue weighted by Crippen LogP contribution is -1.99. The lowest BCUT2D eigenvalue weighted by molar-refractivity contribution is 0.141. The smallest absolute Gasteiger partial charge is 0.119 e. The molecule has 2 nitrogen and oxygen atoms in total. The molecule has 0 aliphatic carbocycles. The molecule has 1 rings (SSSR count). The first-order valence-electron chi connectivity index (χ1n) is 7.10. The molecule has 0 N–H and O–H groups in total. The molecule has 1 aromatic rings. The van der Waals surface area contributed by atoms with E-state index in [9.17, 15) is 0 Å². The molecule has 0 aliphatic rings. The van der Waals surface area contributed by atoms with Gasteiger partial charge in [0.05, 0.1) is 6.61 Å². The molecule has 0 spiro atoms. The van der Waals surface area contributed by atoms with E-state index in [4.69, 9.17) is 9.47 Å². The summed E-state index contributed by atoms with van der Waals surface area (Å²) in [5.41, 5.74) is 1.24. The lowest BCUT2D eigenvalue weighted by atomic mass is 10.2. The highest BCUT2D eigenvalue weighted by molar-refractivity contribution is 5.27. The van der Waals surface area contributed by atoms with Gasteiger partial charge in [0.1, 0.15) is 5.75 Å². The number of benzene rings is 1. The third kappa shape index (κ3) is 9.06. The molecule has 2 heteroatoms. The Hall–Kier alpha value is -1.02. The minimum Gasteiger partial charge on any atom is -0.494 e. The summed E-state index contributed by atoms with van der Waals surface area (Å²) in [5.74, 6) is 0.977. The van der Waals surface area contributed by atoms with Gasteiger partial charge in [-0.2, -0.15) is 0 Å². The van der Waals surface area contributed by atoms with Gasteiger partial charge >= 0.3 is 0 Å². The van der Waals surface area contributed by atoms with Gasteiger partial charge in [0.2, 0.25) is 0 Å². The van der Waals surface area contributed by atoms with Crippen LogP contribution in [0, 0.1) is 6.92 Å². The van der Waals surface area contributed by atoms with Crippen molar-refractivity contribution in [1.29, 1.82) is 0 Å². The third-order valence-electron chi connectivity index (χ3n) is 2.40. The minimum atomic E-state index is 0.801. The van der Waals surface area contributed by atoms with Crippen LogP contribution in [0.1, 0.15) is 45.6 Å². The largest absolute Gasteiger partial charge is 0.494 e. The van der Waals surface area contributed by atoms with Crippen LogP contribution < -0.4 is 4.74 Å². The SMILES string of the molecule is CC.CCOCCCCCOc1cccc(C)c1. The molecule has 18 heavy (non-hydrogen) atoms. The lowest BCUT2D eigenvalue weighted by Gasteiger charge is -2.06. The summed E-state index contributed by atoms with van der Waals surface area (Å²) >= 11 is 0. The van der Waals surface area contributed by atoms with Crippen LogP contribution >= 0.6 is 0 Å². The van der Waals surface area contributed by atoms with Crippen LogP contribution in [0.25, 0.3) is 0 Å². The molecule has 0 heterocycles. The Labute approximate surface area is 112 Å². The first kappa shape index (κ1) is 17.0. The highest BCUT2D eigenvalue weighted by Gasteiger charge is 1.94. The van der Waals surface area contributed by atoms with Gasteiger partial charge in [-0.15, -0.1) is 0 Å². The van der Waals surface area contributed by atoms with Crippen LogP contribution in [0.15, 0.2) is 24.3 Å². The third-order valence-corrected chi connectivity index (χ3v) is 2.40. The first-order valence-corrected chi connectivity index (χ1v) is 7.10. The summed E-state index contributed by atoms with van der Waals surface area (Å²) in [5, 5.41) is 0. The molecular formula is C16H28O2. The summed E-state index contributed by atoms with van der Waals surface area (Å²) < 4.78 is 10.9. The van der Waals surface area contributed by atoms with Gasteiger partial charge < -0.3 is 9.47 Å². The normalized spacial score (nSPS) is 9.56. The Balaban J connectivity index is 0.00000137. The van der Waals surface area contributed by atoms with E-state index in [0.717, 1.165) is 38.4 Å². The van der Waals surface area contributed by atoms with Crippen molar-refractivity contribution < 1.29 is 9.47 Å². The molecule has 0 saturated heterocycles. The van der Waals surface area contributed by atoms with E-state index in [0.29, 0.717) is 0 Å². The van der Waals surface area contributed by atoms with Crippen LogP contribution in [-0.2, 0) is 4.74 Å². The van der Waals surface area contributed by atoms with Gasteiger partial charge in [-0.25, -0.2) is 0 Å². The zero-order valence-electron chi connectivity index (χ0n) is 12.4. The number of rotatable bonds is 8. The molecule has 0 unspecified atom stereocenters. The Bertz CT molecular complexity index is 284. The van der Waals surface area contributed by atoms with Gasteiger partial charge in [-0.05, 0) is 50.8 Å². The number of aryl methyl sites for hydroxylation is 1. The maximum Gasteiger partial charge on any atom is 0.119 e. The zero-order valence-corrected chi connectivity index (χ0v) is 12.4. The highest BCUT2D eigenvalue weighted by atomic mass is 16.5. The summed E-state index contributed by atoms with van der Waals surface area (Å²) in [7, 11) is 0. The molecule has 104 valence electrons. The van der Waals surface area contributed by atoms with Gasteiger partial charge in [0, 0.05) is 13.2 Å². The maximum atomic E-state index is 5.65. The molecule has 0 saturated carbocycles. The number of hydrogen-bond donors (Lipinski definition) is 0. The molecule has 0 radical (unpaired) electrons. The average molecular weight is 252 g/mol. The van der Waals surface area contributed by atoms with Gasteiger partial charge in [-0.3, -0.25) is 0 Å². The molecule has 0 amide bonds. The second kappa shape index (κ2) is 12.4. The molecule has 0 fully saturated rings. The van der Waals surface area contributed by atoms with E-state index in [1.54, 1.807) is 0 Å². The van der Waals surface area contributed by atoms with Crippen molar-refractivity contribution in [3.05, 3.63) is 29.8 Å². The molecule has 0 aliphatic heterocycles. The molecular weight excluding hydrogens is 224 g/mol. The highest BCUT2D eigenvalue weighted by Crippen LogP contribution is 2.12. The summed E-state index contributed by atoms with van der Waals surface area (Å²) in [6.07, 6.45) is 3.40. The second-order valence-corrected chi connectivity index (χ2v) is 3.92. The predicted octanol–water partition coefficient (Wildman–Crippen LogP) is 4.61. The van der Waals surface area contributed by atoms with Crippen molar-refractivity contribution in [3.63, 3.8) is 0 Å². The summed E-state index contributed by atoms with van der Waals surface area (Å²) in [4.78, 5) is 0. The molecule has 0 atom stereocenters. The Morgan fingerprint density at radius 1 is 1.00 bits per heavy atom. The number of hydrogen-bond acceptors (Lipinski definition) is 2. The number of ether oxygens (including phenoxy) is 2. The molecule has 1 aromatic carbocycles. The van der Waals surface area contributed by atoms with E-state index in [1.165, 1.54) is 12.0 Å². The Morgan fingerprint density at radius 3 is 2.39 bits per heavy atom. The van der Waals surface area contributed by atoms with Gasteiger partial charge in [0.15, 0.2) is 0 Å². The fourth-order valence-corrected chi connectivity index (χ4v) is 1.52. The van der Waals surface area contributed by atoms with Crippen molar-refractivity contribution in [2.24, 2.45) is 0 Å². The van der Waals surface area contributed by atoms with E-state index in [1.807, 2.05) is 32.9 Å². The van der Waals surface area contributed by atoms with Crippen molar-refractivity contribution in [1.82, 2.24) is 0 Å². The average Bonchev–Trinajstić information content (AvgIpc) is 2.40. The standard InChI is InChI=1S/C14H22O2.C2H6/c1-3-15-10-5-4-6-11-16-14-9-7-8-13(2)12-14;1-2/h7-9,12H,3-6,10-11H2,1-2H3;1-2H3. The van der Waals surface area contributed by atoms with E-state index >= 15 is 0 Å². The minimum absolute atomic E-state index is 0.801. The molecule has 0 aromatic heterocycles. The van der Waals surface area contributed by atoms with E-state index in [-0.39, 0.29) is 0 Å². The number of unbranched alkanes of at least 4 members (excludes halogenated alkanes) is 2. The van der Waals surface area contributed by atoms with Crippen LogP contribution in [0.3, 0.4) is 0 Å². The van der Waals surface area contributed by atoms with Crippen molar-refractivity contribution >= 4 is 0 Å². The topological polar surface area (TPSA) is 18.5 Å². The second-order valence-electron chi connectivity index (χ2n) is 3.92. The molecule has 0 bridgehead atoms. The quantitative estimate of drug-likeness (QED) is 0.629. The van der Waals surface area contributed by atoms with Crippen LogP contribution in [-0.4, -0.2) is 19.8 Å². The first-order chi connectivity index (χ1) is 8.83. The fourth-order valence-electron chi connectivity index (χ4n) is 1.52. The van der Waals surface area contributed by atoms with Crippen LogP contribution in [0.5, 0.6) is 5.75 Å². The van der Waals surface area contributed by atoms with Gasteiger partial charge in [-0.1, -0.05) is 26.0 Å². The van der Waals surface area contributed by atoms with E-state index in [2.05, 4.69) is 19.1 Å². The maximum absolute atomic E-state index is 5.65. The summed E-state index contributed by atoms with van der Waals surface area (Å²) in [6.45, 7) is 10.6. The predicted molar refractivity (Wildman–Crippen MR) is 78.4 cm³/mol. The summed E-state index contributed by atoms with van der Waals surface area (Å²) in [6, 6.07) is 8.18. The van der Waals surface area contributed by atoms with E-state index < -0.39 is 0 Å².